The van der Waals surface area contributed by atoms with E-state index in [1.807, 2.05) is 0 Å². The number of amides is 1. The summed E-state index contributed by atoms with van der Waals surface area (Å²) in [5, 5.41) is 11.5. The molecule has 0 aliphatic heterocycles. The molecule has 0 saturated heterocycles. The van der Waals surface area contributed by atoms with Crippen LogP contribution in [0.25, 0.3) is 0 Å². The Balaban J connectivity index is 2.95. The van der Waals surface area contributed by atoms with Gasteiger partial charge in [-0.15, -0.1) is 0 Å². The van der Waals surface area contributed by atoms with E-state index in [9.17, 15) is 18.0 Å². The molecule has 0 bridgehead atoms. The molecule has 1 rings (SSSR count). The molecule has 0 spiro atoms. The smallest absolute Gasteiger partial charge is 0.335 e. The lowest BCUT2D eigenvalue weighted by molar-refractivity contribution is -0.113. The van der Waals surface area contributed by atoms with E-state index in [0.29, 0.717) is 5.56 Å². The molecule has 9 heteroatoms. The Hall–Kier alpha value is -1.97. The Labute approximate surface area is 141 Å². The first-order chi connectivity index (χ1) is 11.2. The molecule has 0 radical (unpaired) electrons. The molecule has 0 saturated carbocycles. The minimum Gasteiger partial charge on any atom is -0.478 e. The molecular weight excluding hydrogens is 336 g/mol. The van der Waals surface area contributed by atoms with Gasteiger partial charge in [-0.25, -0.2) is 17.5 Å². The summed E-state index contributed by atoms with van der Waals surface area (Å²) in [6.45, 7) is 4.09. The fourth-order valence-corrected chi connectivity index (χ4v) is 3.58. The Morgan fingerprint density at radius 2 is 1.83 bits per heavy atom. The fourth-order valence-electron chi connectivity index (χ4n) is 2.21. The second-order valence-electron chi connectivity index (χ2n) is 5.05. The largest absolute Gasteiger partial charge is 0.478 e. The highest BCUT2D eigenvalue weighted by Crippen LogP contribution is 2.16. The molecule has 0 atom stereocenters. The maximum atomic E-state index is 12.1. The first kappa shape index (κ1) is 20.1. The van der Waals surface area contributed by atoms with Gasteiger partial charge >= 0.3 is 5.97 Å². The third-order valence-corrected chi connectivity index (χ3v) is 5.18. The molecule has 134 valence electrons. The number of benzene rings is 1. The van der Waals surface area contributed by atoms with Crippen molar-refractivity contribution in [3.05, 3.63) is 29.3 Å². The molecule has 24 heavy (non-hydrogen) atoms. The van der Waals surface area contributed by atoms with Crippen molar-refractivity contribution in [1.29, 1.82) is 0 Å². The molecule has 0 heterocycles. The monoisotopic (exact) mass is 358 g/mol. The minimum atomic E-state index is -3.71. The van der Waals surface area contributed by atoms with E-state index in [1.54, 1.807) is 13.8 Å². The van der Waals surface area contributed by atoms with Crippen molar-refractivity contribution in [2.75, 3.05) is 31.3 Å². The molecule has 0 aliphatic carbocycles. The number of methoxy groups -OCH3 is 1. The number of nitrogens with zero attached hydrogens (tertiary/aromatic N) is 1. The number of anilines is 1. The summed E-state index contributed by atoms with van der Waals surface area (Å²) in [6.07, 6.45) is 0. The highest BCUT2D eigenvalue weighted by molar-refractivity contribution is 7.89. The highest BCUT2D eigenvalue weighted by atomic mass is 32.2. The van der Waals surface area contributed by atoms with Crippen LogP contribution in [0.2, 0.25) is 0 Å². The number of carboxylic acids is 1. The Bertz CT molecular complexity index is 698. The normalized spacial score (nSPS) is 11.5. The van der Waals surface area contributed by atoms with Crippen LogP contribution in [0.1, 0.15) is 29.8 Å². The summed E-state index contributed by atoms with van der Waals surface area (Å²) >= 11 is 0. The lowest BCUT2D eigenvalue weighted by Gasteiger charge is -2.18. The zero-order valence-corrected chi connectivity index (χ0v) is 14.7. The summed E-state index contributed by atoms with van der Waals surface area (Å²) in [7, 11) is -2.25. The molecule has 2 N–H and O–H groups in total. The summed E-state index contributed by atoms with van der Waals surface area (Å²) < 4.78 is 30.3. The van der Waals surface area contributed by atoms with Crippen molar-refractivity contribution in [3.8, 4) is 0 Å². The van der Waals surface area contributed by atoms with Gasteiger partial charge in [0.15, 0.2) is 0 Å². The molecule has 0 unspecified atom stereocenters. The van der Waals surface area contributed by atoms with Gasteiger partial charge in [-0.2, -0.15) is 0 Å². The number of aromatic carboxylic acids is 1. The van der Waals surface area contributed by atoms with Gasteiger partial charge in [0.1, 0.15) is 5.75 Å². The second kappa shape index (κ2) is 8.76. The quantitative estimate of drug-likeness (QED) is 0.684. The van der Waals surface area contributed by atoms with E-state index < -0.39 is 27.7 Å². The van der Waals surface area contributed by atoms with Gasteiger partial charge in [-0.3, -0.25) is 4.79 Å². The Morgan fingerprint density at radius 3 is 2.33 bits per heavy atom. The predicted octanol–water partition coefficient (Wildman–Crippen LogP) is 1.14. The number of carbonyl (C=O) groups is 2. The lowest BCUT2D eigenvalue weighted by atomic mass is 10.1. The number of sulfonamides is 1. The maximum Gasteiger partial charge on any atom is 0.335 e. The first-order valence-electron chi connectivity index (χ1n) is 7.37. The number of hydrogen-bond donors (Lipinski definition) is 2. The topological polar surface area (TPSA) is 113 Å². The standard InChI is InChI=1S/C15H22N2O6S/c1-4-17(5-2)24(21,22)10-14(18)16-13-7-11(9-23-3)6-12(8-13)15(19)20/h6-8H,4-5,9-10H2,1-3H3,(H,16,18)(H,19,20). The van der Waals surface area contributed by atoms with E-state index in [2.05, 4.69) is 5.32 Å². The van der Waals surface area contributed by atoms with Gasteiger partial charge in [0.2, 0.25) is 15.9 Å². The van der Waals surface area contributed by atoms with Gasteiger partial charge in [0.25, 0.3) is 0 Å². The van der Waals surface area contributed by atoms with Crippen molar-refractivity contribution in [1.82, 2.24) is 4.31 Å². The molecule has 1 aromatic rings. The Morgan fingerprint density at radius 1 is 1.21 bits per heavy atom. The van der Waals surface area contributed by atoms with E-state index in [1.165, 1.54) is 29.6 Å². The van der Waals surface area contributed by atoms with E-state index in [4.69, 9.17) is 9.84 Å². The van der Waals surface area contributed by atoms with Crippen LogP contribution in [-0.4, -0.2) is 55.7 Å². The number of hydrogen-bond acceptors (Lipinski definition) is 5. The lowest BCUT2D eigenvalue weighted by Crippen LogP contribution is -2.36. The van der Waals surface area contributed by atoms with Crippen molar-refractivity contribution in [2.24, 2.45) is 0 Å². The van der Waals surface area contributed by atoms with Crippen LogP contribution < -0.4 is 5.32 Å². The van der Waals surface area contributed by atoms with Crippen LogP contribution in [0.3, 0.4) is 0 Å². The number of rotatable bonds is 9. The third-order valence-electron chi connectivity index (χ3n) is 3.25. The maximum absolute atomic E-state index is 12.1. The molecule has 8 nitrogen and oxygen atoms in total. The fraction of sp³-hybridized carbons (Fsp3) is 0.467. The summed E-state index contributed by atoms with van der Waals surface area (Å²) in [6, 6.07) is 4.23. The molecule has 0 aliphatic rings. The number of carboxylic acid groups (broad SMARTS) is 1. The predicted molar refractivity (Wildman–Crippen MR) is 89.5 cm³/mol. The molecule has 0 fully saturated rings. The summed E-state index contributed by atoms with van der Waals surface area (Å²) in [5.41, 5.74) is 0.743. The first-order valence-corrected chi connectivity index (χ1v) is 8.98. The highest BCUT2D eigenvalue weighted by Gasteiger charge is 2.23. The van der Waals surface area contributed by atoms with Crippen LogP contribution in [0.4, 0.5) is 5.69 Å². The van der Waals surface area contributed by atoms with Crippen molar-refractivity contribution < 1.29 is 27.9 Å². The number of ether oxygens (including phenoxy) is 1. The molecule has 0 aromatic heterocycles. The SMILES string of the molecule is CCN(CC)S(=O)(=O)CC(=O)Nc1cc(COC)cc(C(=O)O)c1. The van der Waals surface area contributed by atoms with Gasteiger partial charge in [0.05, 0.1) is 12.2 Å². The number of carbonyl (C=O) groups excluding carboxylic acids is 1. The van der Waals surface area contributed by atoms with E-state index in [-0.39, 0.29) is 30.9 Å². The van der Waals surface area contributed by atoms with Crippen LogP contribution in [0.15, 0.2) is 18.2 Å². The number of nitrogens with one attached hydrogen (secondary N) is 1. The molecular formula is C15H22N2O6S. The average Bonchev–Trinajstić information content (AvgIpc) is 2.47. The van der Waals surface area contributed by atoms with Crippen LogP contribution in [-0.2, 0) is 26.2 Å². The third kappa shape index (κ3) is 5.59. The van der Waals surface area contributed by atoms with Crippen LogP contribution >= 0.6 is 0 Å². The zero-order valence-electron chi connectivity index (χ0n) is 13.9. The molecule has 1 aromatic carbocycles. The van der Waals surface area contributed by atoms with Gasteiger partial charge in [-0.1, -0.05) is 13.8 Å². The van der Waals surface area contributed by atoms with Crippen molar-refractivity contribution in [2.45, 2.75) is 20.5 Å². The van der Waals surface area contributed by atoms with Gasteiger partial charge in [-0.05, 0) is 23.8 Å². The Kier molecular flexibility index (Phi) is 7.33. The minimum absolute atomic E-state index is 0.0218. The molecule has 1 amide bonds. The van der Waals surface area contributed by atoms with E-state index in [0.717, 1.165) is 0 Å². The van der Waals surface area contributed by atoms with Crippen LogP contribution in [0, 0.1) is 0 Å². The zero-order chi connectivity index (χ0) is 18.3. The average molecular weight is 358 g/mol. The van der Waals surface area contributed by atoms with Crippen molar-refractivity contribution in [3.63, 3.8) is 0 Å². The van der Waals surface area contributed by atoms with Gasteiger partial charge < -0.3 is 15.2 Å². The second-order valence-corrected chi connectivity index (χ2v) is 7.01. The van der Waals surface area contributed by atoms with E-state index >= 15 is 0 Å². The summed E-state index contributed by atoms with van der Waals surface area (Å²) in [4.78, 5) is 23.2. The summed E-state index contributed by atoms with van der Waals surface area (Å²) in [5.74, 6) is -2.59. The van der Waals surface area contributed by atoms with Crippen LogP contribution in [0.5, 0.6) is 0 Å². The van der Waals surface area contributed by atoms with Crippen molar-refractivity contribution >= 4 is 27.6 Å². The van der Waals surface area contributed by atoms with Gasteiger partial charge in [0, 0.05) is 25.9 Å².